The first-order valence-electron chi connectivity index (χ1n) is 9.54. The summed E-state index contributed by atoms with van der Waals surface area (Å²) in [6.45, 7) is 4.59. The molecule has 0 aromatic heterocycles. The molecule has 0 saturated heterocycles. The standard InChI is InChI=1S/C22H24ClNO4S/c1-3-4-12-28-20-9-6-17(7-10-20)22(25)24(19-11-13-29(26,27)15-19)18-8-5-16(2)21(23)14-18/h5-11,13-14,19H,3-4,12,15H2,1-2H3/t19-/m1/s1. The number of benzene rings is 2. The summed E-state index contributed by atoms with van der Waals surface area (Å²) in [5.74, 6) is 0.252. The number of halogens is 1. The van der Waals surface area contributed by atoms with E-state index in [0.29, 0.717) is 28.6 Å². The van der Waals surface area contributed by atoms with Gasteiger partial charge in [0, 0.05) is 21.7 Å². The molecule has 154 valence electrons. The molecular formula is C22H24ClNO4S. The topological polar surface area (TPSA) is 63.7 Å². The van der Waals surface area contributed by atoms with Crippen molar-refractivity contribution in [2.45, 2.75) is 32.7 Å². The normalized spacial score (nSPS) is 17.3. The van der Waals surface area contributed by atoms with Crippen LogP contribution in [-0.4, -0.2) is 32.7 Å². The number of amides is 1. The maximum atomic E-state index is 13.3. The maximum absolute atomic E-state index is 13.3. The van der Waals surface area contributed by atoms with E-state index in [1.165, 1.54) is 10.3 Å². The number of hydrogen-bond acceptors (Lipinski definition) is 4. The number of sulfone groups is 1. The molecule has 5 nitrogen and oxygen atoms in total. The smallest absolute Gasteiger partial charge is 0.258 e. The Morgan fingerprint density at radius 1 is 1.21 bits per heavy atom. The fraction of sp³-hybridized carbons (Fsp3) is 0.318. The first kappa shape index (κ1) is 21.4. The predicted octanol–water partition coefficient (Wildman–Crippen LogP) is 4.78. The van der Waals surface area contributed by atoms with Gasteiger partial charge in [-0.25, -0.2) is 8.42 Å². The van der Waals surface area contributed by atoms with Crippen molar-refractivity contribution in [2.75, 3.05) is 17.3 Å². The van der Waals surface area contributed by atoms with Crippen molar-refractivity contribution in [1.29, 1.82) is 0 Å². The third-order valence-electron chi connectivity index (χ3n) is 4.76. The number of anilines is 1. The summed E-state index contributed by atoms with van der Waals surface area (Å²) in [5.41, 5.74) is 1.88. The van der Waals surface area contributed by atoms with E-state index < -0.39 is 15.9 Å². The Balaban J connectivity index is 1.90. The lowest BCUT2D eigenvalue weighted by Crippen LogP contribution is -2.41. The van der Waals surface area contributed by atoms with E-state index in [1.807, 2.05) is 13.0 Å². The Kier molecular flexibility index (Phi) is 6.65. The van der Waals surface area contributed by atoms with Crippen LogP contribution in [-0.2, 0) is 9.84 Å². The highest BCUT2D eigenvalue weighted by Crippen LogP contribution is 2.29. The first-order valence-corrected chi connectivity index (χ1v) is 11.6. The van der Waals surface area contributed by atoms with Gasteiger partial charge in [-0.1, -0.05) is 31.0 Å². The molecule has 1 aliphatic heterocycles. The summed E-state index contributed by atoms with van der Waals surface area (Å²) in [4.78, 5) is 14.8. The van der Waals surface area contributed by atoms with Crippen LogP contribution < -0.4 is 9.64 Å². The molecule has 0 fully saturated rings. The summed E-state index contributed by atoms with van der Waals surface area (Å²) in [6.07, 6.45) is 3.55. The summed E-state index contributed by atoms with van der Waals surface area (Å²) in [7, 11) is -3.33. The molecule has 1 aliphatic rings. The molecule has 3 rings (SSSR count). The summed E-state index contributed by atoms with van der Waals surface area (Å²) >= 11 is 6.26. The highest BCUT2D eigenvalue weighted by atomic mass is 35.5. The number of nitrogens with zero attached hydrogens (tertiary/aromatic N) is 1. The lowest BCUT2D eigenvalue weighted by Gasteiger charge is -2.28. The second kappa shape index (κ2) is 9.01. The van der Waals surface area contributed by atoms with Crippen molar-refractivity contribution in [3.63, 3.8) is 0 Å². The van der Waals surface area contributed by atoms with Crippen LogP contribution in [0.15, 0.2) is 53.9 Å². The van der Waals surface area contributed by atoms with Crippen LogP contribution in [0.5, 0.6) is 5.75 Å². The van der Waals surface area contributed by atoms with Gasteiger partial charge in [-0.3, -0.25) is 4.79 Å². The van der Waals surface area contributed by atoms with E-state index in [4.69, 9.17) is 16.3 Å². The van der Waals surface area contributed by atoms with Crippen LogP contribution in [0.25, 0.3) is 0 Å². The van der Waals surface area contributed by atoms with Gasteiger partial charge in [-0.2, -0.15) is 0 Å². The van der Waals surface area contributed by atoms with Gasteiger partial charge < -0.3 is 9.64 Å². The number of aryl methyl sites for hydroxylation is 1. The van der Waals surface area contributed by atoms with Crippen LogP contribution >= 0.6 is 11.6 Å². The molecule has 0 unspecified atom stereocenters. The molecule has 29 heavy (non-hydrogen) atoms. The number of carbonyl (C=O) groups is 1. The van der Waals surface area contributed by atoms with Gasteiger partial charge in [-0.15, -0.1) is 0 Å². The van der Waals surface area contributed by atoms with Crippen molar-refractivity contribution in [3.05, 3.63) is 70.1 Å². The van der Waals surface area contributed by atoms with E-state index in [1.54, 1.807) is 42.5 Å². The number of ether oxygens (including phenoxy) is 1. The molecule has 0 aliphatic carbocycles. The minimum atomic E-state index is -3.33. The Morgan fingerprint density at radius 2 is 1.93 bits per heavy atom. The minimum Gasteiger partial charge on any atom is -0.494 e. The highest BCUT2D eigenvalue weighted by Gasteiger charge is 2.32. The zero-order chi connectivity index (χ0) is 21.0. The Morgan fingerprint density at radius 3 is 2.52 bits per heavy atom. The van der Waals surface area contributed by atoms with E-state index in [2.05, 4.69) is 6.92 Å². The van der Waals surface area contributed by atoms with Crippen molar-refractivity contribution in [3.8, 4) is 5.75 Å². The largest absolute Gasteiger partial charge is 0.494 e. The number of unbranched alkanes of at least 4 members (excludes halogenated alkanes) is 1. The second-order valence-corrected chi connectivity index (χ2v) is 9.40. The molecule has 0 N–H and O–H groups in total. The molecule has 2 aromatic carbocycles. The molecule has 0 spiro atoms. The van der Waals surface area contributed by atoms with Crippen molar-refractivity contribution >= 4 is 33.0 Å². The molecule has 0 radical (unpaired) electrons. The van der Waals surface area contributed by atoms with Gasteiger partial charge >= 0.3 is 0 Å². The van der Waals surface area contributed by atoms with Crippen molar-refractivity contribution in [1.82, 2.24) is 0 Å². The van der Waals surface area contributed by atoms with Gasteiger partial charge in [0.1, 0.15) is 5.75 Å². The van der Waals surface area contributed by atoms with E-state index in [9.17, 15) is 13.2 Å². The Labute approximate surface area is 176 Å². The Bertz CT molecular complexity index is 1020. The van der Waals surface area contributed by atoms with Gasteiger partial charge in [0.25, 0.3) is 5.91 Å². The molecule has 7 heteroatoms. The lowest BCUT2D eigenvalue weighted by atomic mass is 10.1. The molecular weight excluding hydrogens is 410 g/mol. The Hall–Kier alpha value is -2.31. The van der Waals surface area contributed by atoms with Crippen LogP contribution in [0.3, 0.4) is 0 Å². The van der Waals surface area contributed by atoms with Crippen LogP contribution in [0, 0.1) is 6.92 Å². The van der Waals surface area contributed by atoms with Crippen molar-refractivity contribution in [2.24, 2.45) is 0 Å². The van der Waals surface area contributed by atoms with Crippen LogP contribution in [0.2, 0.25) is 5.02 Å². The van der Waals surface area contributed by atoms with Gasteiger partial charge in [0.15, 0.2) is 9.84 Å². The monoisotopic (exact) mass is 433 g/mol. The van der Waals surface area contributed by atoms with Crippen LogP contribution in [0.4, 0.5) is 5.69 Å². The fourth-order valence-corrected chi connectivity index (χ4v) is 4.52. The average Bonchev–Trinajstić information content (AvgIpc) is 3.05. The van der Waals surface area contributed by atoms with E-state index in [-0.39, 0.29) is 11.7 Å². The highest BCUT2D eigenvalue weighted by molar-refractivity contribution is 7.94. The third-order valence-corrected chi connectivity index (χ3v) is 6.55. The zero-order valence-corrected chi connectivity index (χ0v) is 18.0. The van der Waals surface area contributed by atoms with Crippen LogP contribution in [0.1, 0.15) is 35.7 Å². The first-order chi connectivity index (χ1) is 13.8. The molecule has 1 amide bonds. The van der Waals surface area contributed by atoms with E-state index in [0.717, 1.165) is 18.4 Å². The van der Waals surface area contributed by atoms with Crippen molar-refractivity contribution < 1.29 is 17.9 Å². The molecule has 2 aromatic rings. The molecule has 0 saturated carbocycles. The molecule has 1 atom stereocenters. The second-order valence-electron chi connectivity index (χ2n) is 7.06. The summed E-state index contributed by atoms with van der Waals surface area (Å²) in [6, 6.07) is 11.6. The minimum absolute atomic E-state index is 0.150. The number of hydrogen-bond donors (Lipinski definition) is 0. The van der Waals surface area contributed by atoms with Gasteiger partial charge in [0.05, 0.1) is 18.4 Å². The average molecular weight is 434 g/mol. The molecule has 0 bridgehead atoms. The predicted molar refractivity (Wildman–Crippen MR) is 117 cm³/mol. The SMILES string of the molecule is CCCCOc1ccc(C(=O)N(c2ccc(C)c(Cl)c2)[C@@H]2C=CS(=O)(=O)C2)cc1. The molecule has 1 heterocycles. The summed E-state index contributed by atoms with van der Waals surface area (Å²) in [5, 5.41) is 1.68. The van der Waals surface area contributed by atoms with Gasteiger partial charge in [-0.05, 0) is 61.4 Å². The zero-order valence-electron chi connectivity index (χ0n) is 16.5. The maximum Gasteiger partial charge on any atom is 0.258 e. The third kappa shape index (κ3) is 5.19. The quantitative estimate of drug-likeness (QED) is 0.589. The number of carbonyl (C=O) groups excluding carboxylic acids is 1. The number of rotatable bonds is 7. The summed E-state index contributed by atoms with van der Waals surface area (Å²) < 4.78 is 29.6. The lowest BCUT2D eigenvalue weighted by molar-refractivity contribution is 0.0983. The van der Waals surface area contributed by atoms with Gasteiger partial charge in [0.2, 0.25) is 0 Å². The van der Waals surface area contributed by atoms with E-state index >= 15 is 0 Å². The fourth-order valence-electron chi connectivity index (χ4n) is 3.08.